The van der Waals surface area contributed by atoms with Gasteiger partial charge in [-0.15, -0.1) is 0 Å². The molecular formula is C18H25NO5. The number of fused-ring (bicyclic) bond motifs is 1. The zero-order chi connectivity index (χ0) is 17.4. The zero-order valence-electron chi connectivity index (χ0n) is 14.0. The SMILES string of the molecule is CCCCOC(=O)NC(C[C@@H]1CCOc2ccccc2C1)C(=O)O. The molecule has 1 aromatic rings. The quantitative estimate of drug-likeness (QED) is 0.748. The van der Waals surface area contributed by atoms with Crippen molar-refractivity contribution in [2.75, 3.05) is 13.2 Å². The number of hydrogen-bond donors (Lipinski definition) is 2. The van der Waals surface area contributed by atoms with Gasteiger partial charge in [-0.25, -0.2) is 9.59 Å². The molecule has 2 N–H and O–H groups in total. The normalized spacial score (nSPS) is 17.8. The fourth-order valence-corrected chi connectivity index (χ4v) is 2.81. The summed E-state index contributed by atoms with van der Waals surface area (Å²) in [6.07, 6.45) is 2.87. The molecule has 0 spiro atoms. The zero-order valence-corrected chi connectivity index (χ0v) is 14.0. The predicted octanol–water partition coefficient (Wildman–Crippen LogP) is 3.00. The molecule has 1 aliphatic heterocycles. The van der Waals surface area contributed by atoms with E-state index in [1.54, 1.807) is 0 Å². The molecule has 2 rings (SSSR count). The maximum atomic E-state index is 11.7. The lowest BCUT2D eigenvalue weighted by Crippen LogP contribution is -2.42. The number of nitrogens with one attached hydrogen (secondary N) is 1. The number of alkyl carbamates (subject to hydrolysis) is 1. The van der Waals surface area contributed by atoms with Crippen LogP contribution in [0.25, 0.3) is 0 Å². The van der Waals surface area contributed by atoms with Crippen LogP contribution in [-0.4, -0.2) is 36.4 Å². The summed E-state index contributed by atoms with van der Waals surface area (Å²) in [7, 11) is 0. The molecule has 0 fully saturated rings. The molecule has 0 aromatic heterocycles. The minimum absolute atomic E-state index is 0.130. The van der Waals surface area contributed by atoms with Crippen LogP contribution in [0.15, 0.2) is 24.3 Å². The molecule has 0 aliphatic carbocycles. The fourth-order valence-electron chi connectivity index (χ4n) is 2.81. The minimum atomic E-state index is -1.04. The van der Waals surface area contributed by atoms with Gasteiger partial charge in [0.1, 0.15) is 11.8 Å². The Morgan fingerprint density at radius 2 is 2.21 bits per heavy atom. The van der Waals surface area contributed by atoms with Crippen LogP contribution in [0.5, 0.6) is 5.75 Å². The summed E-state index contributed by atoms with van der Waals surface area (Å²) in [6, 6.07) is 6.84. The number of benzene rings is 1. The van der Waals surface area contributed by atoms with Crippen molar-refractivity contribution in [2.45, 2.75) is 45.1 Å². The van der Waals surface area contributed by atoms with Crippen LogP contribution in [0.3, 0.4) is 0 Å². The molecule has 6 nitrogen and oxygen atoms in total. The molecule has 1 aromatic carbocycles. The van der Waals surface area contributed by atoms with Crippen LogP contribution in [-0.2, 0) is 16.0 Å². The van der Waals surface area contributed by atoms with Gasteiger partial charge in [-0.3, -0.25) is 0 Å². The van der Waals surface area contributed by atoms with Crippen LogP contribution < -0.4 is 10.1 Å². The average Bonchev–Trinajstić information content (AvgIpc) is 2.76. The first-order valence-corrected chi connectivity index (χ1v) is 8.47. The molecule has 6 heteroatoms. The number of para-hydroxylation sites is 1. The minimum Gasteiger partial charge on any atom is -0.493 e. The van der Waals surface area contributed by atoms with Crippen molar-refractivity contribution >= 4 is 12.1 Å². The van der Waals surface area contributed by atoms with E-state index in [0.717, 1.165) is 37.0 Å². The summed E-state index contributed by atoms with van der Waals surface area (Å²) in [5.41, 5.74) is 1.08. The molecule has 0 bridgehead atoms. The Bertz CT molecular complexity index is 560. The highest BCUT2D eigenvalue weighted by Crippen LogP contribution is 2.28. The molecule has 0 radical (unpaired) electrons. The van der Waals surface area contributed by atoms with E-state index in [0.29, 0.717) is 19.6 Å². The second-order valence-electron chi connectivity index (χ2n) is 6.08. The standard InChI is InChI=1S/C18H25NO5/c1-2-3-9-24-18(22)19-15(17(20)21)12-13-8-10-23-16-7-5-4-6-14(16)11-13/h4-7,13,15H,2-3,8-12H2,1H3,(H,19,22)(H,20,21)/t13-,15?/m1/s1. The Morgan fingerprint density at radius 1 is 1.42 bits per heavy atom. The van der Waals surface area contributed by atoms with E-state index < -0.39 is 18.1 Å². The molecule has 1 aliphatic rings. The molecule has 2 atom stereocenters. The molecule has 0 saturated heterocycles. The van der Waals surface area contributed by atoms with E-state index in [-0.39, 0.29) is 5.92 Å². The molecule has 0 saturated carbocycles. The van der Waals surface area contributed by atoms with Gasteiger partial charge in [0.15, 0.2) is 0 Å². The number of carboxylic acids is 1. The van der Waals surface area contributed by atoms with Gasteiger partial charge >= 0.3 is 12.1 Å². The number of hydrogen-bond acceptors (Lipinski definition) is 4. The summed E-state index contributed by atoms with van der Waals surface area (Å²) < 4.78 is 10.7. The van der Waals surface area contributed by atoms with Gasteiger partial charge in [0.2, 0.25) is 0 Å². The second kappa shape index (κ2) is 9.15. The largest absolute Gasteiger partial charge is 0.493 e. The molecule has 1 heterocycles. The van der Waals surface area contributed by atoms with E-state index in [1.165, 1.54) is 0 Å². The van der Waals surface area contributed by atoms with E-state index in [1.807, 2.05) is 31.2 Å². The average molecular weight is 335 g/mol. The van der Waals surface area contributed by atoms with Crippen molar-refractivity contribution in [2.24, 2.45) is 5.92 Å². The summed E-state index contributed by atoms with van der Waals surface area (Å²) in [6.45, 7) is 2.85. The third kappa shape index (κ3) is 5.44. The first-order chi connectivity index (χ1) is 11.6. The van der Waals surface area contributed by atoms with Crippen molar-refractivity contribution in [1.29, 1.82) is 0 Å². The van der Waals surface area contributed by atoms with Crippen LogP contribution in [0.2, 0.25) is 0 Å². The monoisotopic (exact) mass is 335 g/mol. The van der Waals surface area contributed by atoms with Crippen molar-refractivity contribution in [3.8, 4) is 5.75 Å². The van der Waals surface area contributed by atoms with Gasteiger partial charge in [0.05, 0.1) is 13.2 Å². The third-order valence-electron chi connectivity index (χ3n) is 4.16. The van der Waals surface area contributed by atoms with Crippen molar-refractivity contribution in [3.63, 3.8) is 0 Å². The first-order valence-electron chi connectivity index (χ1n) is 8.47. The highest BCUT2D eigenvalue weighted by atomic mass is 16.5. The summed E-state index contributed by atoms with van der Waals surface area (Å²) in [5.74, 6) is -0.0506. The van der Waals surface area contributed by atoms with Crippen LogP contribution in [0.4, 0.5) is 4.79 Å². The predicted molar refractivity (Wildman–Crippen MR) is 89.2 cm³/mol. The third-order valence-corrected chi connectivity index (χ3v) is 4.16. The lowest BCUT2D eigenvalue weighted by molar-refractivity contribution is -0.139. The van der Waals surface area contributed by atoms with Gasteiger partial charge in [0, 0.05) is 0 Å². The van der Waals surface area contributed by atoms with Crippen molar-refractivity contribution in [1.82, 2.24) is 5.32 Å². The number of amides is 1. The van der Waals surface area contributed by atoms with Gasteiger partial charge < -0.3 is 19.9 Å². The number of unbranched alkanes of at least 4 members (excludes halogenated alkanes) is 1. The second-order valence-corrected chi connectivity index (χ2v) is 6.08. The number of carbonyl (C=O) groups is 2. The van der Waals surface area contributed by atoms with Gasteiger partial charge in [-0.2, -0.15) is 0 Å². The molecule has 132 valence electrons. The van der Waals surface area contributed by atoms with Crippen LogP contribution in [0.1, 0.15) is 38.2 Å². The highest BCUT2D eigenvalue weighted by Gasteiger charge is 2.27. The van der Waals surface area contributed by atoms with E-state index in [2.05, 4.69) is 5.32 Å². The molecular weight excluding hydrogens is 310 g/mol. The highest BCUT2D eigenvalue weighted by molar-refractivity contribution is 5.79. The topological polar surface area (TPSA) is 84.9 Å². The summed E-state index contributed by atoms with van der Waals surface area (Å²) >= 11 is 0. The maximum absolute atomic E-state index is 11.7. The van der Waals surface area contributed by atoms with E-state index in [4.69, 9.17) is 9.47 Å². The number of ether oxygens (including phenoxy) is 2. The number of aliphatic carboxylic acids is 1. The fraction of sp³-hybridized carbons (Fsp3) is 0.556. The van der Waals surface area contributed by atoms with E-state index >= 15 is 0 Å². The maximum Gasteiger partial charge on any atom is 0.407 e. The van der Waals surface area contributed by atoms with E-state index in [9.17, 15) is 14.7 Å². The van der Waals surface area contributed by atoms with Crippen LogP contribution >= 0.6 is 0 Å². The Kier molecular flexibility index (Phi) is 6.90. The smallest absolute Gasteiger partial charge is 0.407 e. The Labute approximate surface area is 142 Å². The number of rotatable bonds is 7. The molecule has 24 heavy (non-hydrogen) atoms. The van der Waals surface area contributed by atoms with Crippen molar-refractivity contribution < 1.29 is 24.2 Å². The molecule has 1 amide bonds. The van der Waals surface area contributed by atoms with Gasteiger partial charge in [-0.1, -0.05) is 31.5 Å². The summed E-state index contributed by atoms with van der Waals surface area (Å²) in [5, 5.41) is 11.9. The summed E-state index contributed by atoms with van der Waals surface area (Å²) in [4.78, 5) is 23.2. The lowest BCUT2D eigenvalue weighted by atomic mass is 9.90. The first kappa shape index (κ1) is 18.1. The Morgan fingerprint density at radius 3 is 2.96 bits per heavy atom. The lowest BCUT2D eigenvalue weighted by Gasteiger charge is -2.20. The van der Waals surface area contributed by atoms with Gasteiger partial charge in [0.25, 0.3) is 0 Å². The molecule has 1 unspecified atom stereocenters. The number of carbonyl (C=O) groups excluding carboxylic acids is 1. The number of carboxylic acid groups (broad SMARTS) is 1. The van der Waals surface area contributed by atoms with Gasteiger partial charge in [-0.05, 0) is 43.2 Å². The Balaban J connectivity index is 1.92. The van der Waals surface area contributed by atoms with Crippen molar-refractivity contribution in [3.05, 3.63) is 29.8 Å². The Hall–Kier alpha value is -2.24. The van der Waals surface area contributed by atoms with Crippen LogP contribution in [0, 0.1) is 5.92 Å².